The third-order valence-corrected chi connectivity index (χ3v) is 6.39. The number of nitrogens with zero attached hydrogens (tertiary/aromatic N) is 3. The molecular formula is C25H33N3O3. The first kappa shape index (κ1) is 21.6. The molecule has 3 heterocycles. The Kier molecular flexibility index (Phi) is 6.19. The number of aromatic nitrogens is 1. The van der Waals surface area contributed by atoms with Gasteiger partial charge in [0.2, 0.25) is 5.88 Å². The first-order chi connectivity index (χ1) is 14.8. The number of amides is 1. The van der Waals surface area contributed by atoms with Crippen molar-refractivity contribution in [3.05, 3.63) is 53.7 Å². The maximum Gasteiger partial charge on any atom is 0.256 e. The zero-order valence-corrected chi connectivity index (χ0v) is 18.8. The Bertz CT molecular complexity index is 918. The summed E-state index contributed by atoms with van der Waals surface area (Å²) in [5.41, 5.74) is 1.42. The maximum atomic E-state index is 13.6. The second-order valence-corrected chi connectivity index (χ2v) is 9.25. The minimum atomic E-state index is -1.05. The second kappa shape index (κ2) is 8.87. The summed E-state index contributed by atoms with van der Waals surface area (Å²) < 4.78 is 6.23. The maximum absolute atomic E-state index is 13.6. The number of pyridine rings is 1. The molecule has 0 aliphatic carbocycles. The molecule has 1 amide bonds. The minimum Gasteiger partial charge on any atom is -0.472 e. The summed E-state index contributed by atoms with van der Waals surface area (Å²) in [6, 6.07) is 11.7. The fraction of sp³-hybridized carbons (Fsp3) is 0.520. The number of hydrogen-bond acceptors (Lipinski definition) is 5. The number of benzene rings is 1. The quantitative estimate of drug-likeness (QED) is 0.788. The molecule has 0 unspecified atom stereocenters. The van der Waals surface area contributed by atoms with Gasteiger partial charge in [-0.05, 0) is 70.7 Å². The Hall–Kier alpha value is -2.60. The van der Waals surface area contributed by atoms with Crippen LogP contribution in [0.5, 0.6) is 5.88 Å². The van der Waals surface area contributed by atoms with Gasteiger partial charge >= 0.3 is 0 Å². The van der Waals surface area contributed by atoms with E-state index in [4.69, 9.17) is 4.74 Å². The van der Waals surface area contributed by atoms with Crippen molar-refractivity contribution in [2.75, 3.05) is 24.5 Å². The lowest BCUT2D eigenvalue weighted by Crippen LogP contribution is -2.49. The van der Waals surface area contributed by atoms with Gasteiger partial charge in [0.25, 0.3) is 5.91 Å². The zero-order chi connectivity index (χ0) is 22.0. The molecule has 2 aliphatic heterocycles. The molecule has 2 aromatic rings. The van der Waals surface area contributed by atoms with Crippen LogP contribution in [0.15, 0.2) is 42.6 Å². The molecule has 4 rings (SSSR count). The molecule has 1 N–H and O–H groups in total. The van der Waals surface area contributed by atoms with E-state index in [1.807, 2.05) is 29.2 Å². The number of likely N-dealkylation sites (tertiary alicyclic amines) is 1. The number of hydrogen-bond donors (Lipinski definition) is 1. The van der Waals surface area contributed by atoms with Crippen molar-refractivity contribution in [3.8, 4) is 5.88 Å². The van der Waals surface area contributed by atoms with Crippen LogP contribution in [0.1, 0.15) is 62.4 Å². The zero-order valence-electron chi connectivity index (χ0n) is 18.8. The van der Waals surface area contributed by atoms with Crippen LogP contribution in [-0.4, -0.2) is 52.7 Å². The lowest BCUT2D eigenvalue weighted by atomic mass is 9.98. The SMILES string of the molecule is C[C@@H]1CC[C@@H](Oc2ncccc2C(C)(C)O)CN1C(=O)c1ccccc1N1CCCC1. The summed E-state index contributed by atoms with van der Waals surface area (Å²) >= 11 is 0. The molecule has 2 fully saturated rings. The minimum absolute atomic E-state index is 0.0621. The fourth-order valence-corrected chi connectivity index (χ4v) is 4.60. The van der Waals surface area contributed by atoms with Gasteiger partial charge in [-0.3, -0.25) is 4.79 Å². The van der Waals surface area contributed by atoms with Crippen LogP contribution in [0.3, 0.4) is 0 Å². The normalized spacial score (nSPS) is 21.9. The molecule has 2 atom stereocenters. The van der Waals surface area contributed by atoms with Crippen LogP contribution in [-0.2, 0) is 5.60 Å². The first-order valence-corrected chi connectivity index (χ1v) is 11.3. The van der Waals surface area contributed by atoms with Crippen LogP contribution < -0.4 is 9.64 Å². The molecule has 166 valence electrons. The van der Waals surface area contributed by atoms with Crippen molar-refractivity contribution in [3.63, 3.8) is 0 Å². The van der Waals surface area contributed by atoms with Crippen LogP contribution in [0.4, 0.5) is 5.69 Å². The number of rotatable bonds is 5. The predicted molar refractivity (Wildman–Crippen MR) is 122 cm³/mol. The lowest BCUT2D eigenvalue weighted by Gasteiger charge is -2.38. The van der Waals surface area contributed by atoms with E-state index in [0.29, 0.717) is 18.0 Å². The highest BCUT2D eigenvalue weighted by molar-refractivity contribution is 6.00. The summed E-state index contributed by atoms with van der Waals surface area (Å²) in [6.07, 6.45) is 5.58. The Morgan fingerprint density at radius 1 is 1.13 bits per heavy atom. The topological polar surface area (TPSA) is 65.9 Å². The van der Waals surface area contributed by atoms with E-state index < -0.39 is 5.60 Å². The van der Waals surface area contributed by atoms with E-state index in [0.717, 1.165) is 37.2 Å². The van der Waals surface area contributed by atoms with Crippen molar-refractivity contribution in [1.82, 2.24) is 9.88 Å². The van der Waals surface area contributed by atoms with E-state index in [9.17, 15) is 9.90 Å². The van der Waals surface area contributed by atoms with E-state index in [1.54, 1.807) is 26.1 Å². The number of anilines is 1. The first-order valence-electron chi connectivity index (χ1n) is 11.3. The van der Waals surface area contributed by atoms with Crippen molar-refractivity contribution in [2.45, 2.75) is 64.2 Å². The van der Waals surface area contributed by atoms with Gasteiger partial charge in [0.05, 0.1) is 17.7 Å². The smallest absolute Gasteiger partial charge is 0.256 e. The Balaban J connectivity index is 1.54. The summed E-state index contributed by atoms with van der Waals surface area (Å²) in [5.74, 6) is 0.506. The molecular weight excluding hydrogens is 390 g/mol. The van der Waals surface area contributed by atoms with Crippen molar-refractivity contribution >= 4 is 11.6 Å². The van der Waals surface area contributed by atoms with Crippen molar-refractivity contribution in [2.24, 2.45) is 0 Å². The molecule has 1 aromatic carbocycles. The number of ether oxygens (including phenoxy) is 1. The molecule has 0 bridgehead atoms. The molecule has 1 aromatic heterocycles. The lowest BCUT2D eigenvalue weighted by molar-refractivity contribution is 0.0326. The highest BCUT2D eigenvalue weighted by Crippen LogP contribution is 2.31. The third kappa shape index (κ3) is 4.69. The van der Waals surface area contributed by atoms with Gasteiger partial charge in [-0.1, -0.05) is 12.1 Å². The Labute approximate surface area is 184 Å². The molecule has 0 radical (unpaired) electrons. The van der Waals surface area contributed by atoms with Gasteiger partial charge in [0.15, 0.2) is 0 Å². The average molecular weight is 424 g/mol. The molecule has 0 saturated carbocycles. The van der Waals surface area contributed by atoms with Gasteiger partial charge < -0.3 is 19.6 Å². The number of para-hydroxylation sites is 1. The van der Waals surface area contributed by atoms with Gasteiger partial charge in [-0.15, -0.1) is 0 Å². The van der Waals surface area contributed by atoms with Crippen molar-refractivity contribution < 1.29 is 14.6 Å². The molecule has 0 spiro atoms. The standard InChI is InChI=1S/C25H33N3O3/c1-18-12-13-19(31-23-21(25(2,3)30)10-8-14-26-23)17-28(18)24(29)20-9-4-5-11-22(20)27-15-6-7-16-27/h4-5,8-11,14,18-19,30H,6-7,12-13,15-17H2,1-3H3/t18-,19-/m1/s1. The van der Waals surface area contributed by atoms with Crippen LogP contribution >= 0.6 is 0 Å². The molecule has 2 saturated heterocycles. The van der Waals surface area contributed by atoms with Gasteiger partial charge in [0, 0.05) is 36.6 Å². The number of aliphatic hydroxyl groups is 1. The summed E-state index contributed by atoms with van der Waals surface area (Å²) in [5, 5.41) is 10.5. The van der Waals surface area contributed by atoms with Gasteiger partial charge in [-0.25, -0.2) is 4.98 Å². The number of carbonyl (C=O) groups excluding carboxylic acids is 1. The largest absolute Gasteiger partial charge is 0.472 e. The highest BCUT2D eigenvalue weighted by Gasteiger charge is 2.33. The highest BCUT2D eigenvalue weighted by atomic mass is 16.5. The van der Waals surface area contributed by atoms with E-state index in [1.165, 1.54) is 12.8 Å². The third-order valence-electron chi connectivity index (χ3n) is 6.39. The number of piperidine rings is 1. The summed E-state index contributed by atoms with van der Waals surface area (Å²) in [6.45, 7) is 8.08. The molecule has 6 nitrogen and oxygen atoms in total. The van der Waals surface area contributed by atoms with Gasteiger partial charge in [0.1, 0.15) is 6.10 Å². The average Bonchev–Trinajstić information content (AvgIpc) is 3.29. The molecule has 2 aliphatic rings. The molecule has 31 heavy (non-hydrogen) atoms. The van der Waals surface area contributed by atoms with E-state index >= 15 is 0 Å². The van der Waals surface area contributed by atoms with Crippen LogP contribution in [0.25, 0.3) is 0 Å². The van der Waals surface area contributed by atoms with Crippen LogP contribution in [0.2, 0.25) is 0 Å². The molecule has 6 heteroatoms. The number of carbonyl (C=O) groups is 1. The second-order valence-electron chi connectivity index (χ2n) is 9.25. The van der Waals surface area contributed by atoms with Crippen molar-refractivity contribution in [1.29, 1.82) is 0 Å². The summed E-state index contributed by atoms with van der Waals surface area (Å²) in [7, 11) is 0. The van der Waals surface area contributed by atoms with E-state index in [2.05, 4.69) is 22.9 Å². The predicted octanol–water partition coefficient (Wildman–Crippen LogP) is 3.98. The monoisotopic (exact) mass is 423 g/mol. The Morgan fingerprint density at radius 3 is 2.61 bits per heavy atom. The van der Waals surface area contributed by atoms with E-state index in [-0.39, 0.29) is 18.1 Å². The summed E-state index contributed by atoms with van der Waals surface area (Å²) in [4.78, 5) is 22.2. The van der Waals surface area contributed by atoms with Gasteiger partial charge in [-0.2, -0.15) is 0 Å². The Morgan fingerprint density at radius 2 is 1.87 bits per heavy atom. The fourth-order valence-electron chi connectivity index (χ4n) is 4.60. The van der Waals surface area contributed by atoms with Crippen LogP contribution in [0, 0.1) is 0 Å².